The van der Waals surface area contributed by atoms with Gasteiger partial charge in [0.05, 0.1) is 5.56 Å². The van der Waals surface area contributed by atoms with E-state index in [0.29, 0.717) is 0 Å². The van der Waals surface area contributed by atoms with E-state index >= 15 is 0 Å². The highest BCUT2D eigenvalue weighted by Gasteiger charge is 2.43. The van der Waals surface area contributed by atoms with Crippen molar-refractivity contribution in [1.82, 2.24) is 4.90 Å². The molecular weight excluding hydrogens is 275 g/mol. The van der Waals surface area contributed by atoms with Crippen molar-refractivity contribution in [2.75, 3.05) is 13.1 Å². The van der Waals surface area contributed by atoms with Crippen molar-refractivity contribution < 1.29 is 19.1 Å². The second kappa shape index (κ2) is 4.79. The largest absolute Gasteiger partial charge is 0.480 e. The molecule has 3 N–H and O–H groups in total. The fraction of sp³-hybridized carbons (Fsp3) is 0.333. The van der Waals surface area contributed by atoms with Gasteiger partial charge in [0, 0.05) is 18.1 Å². The number of benzene rings is 1. The molecule has 0 saturated carbocycles. The maximum Gasteiger partial charge on any atom is 0.325 e. The maximum atomic E-state index is 13.6. The summed E-state index contributed by atoms with van der Waals surface area (Å²) in [7, 11) is 0. The molecule has 1 fully saturated rings. The van der Waals surface area contributed by atoms with E-state index in [0.717, 1.165) is 6.07 Å². The van der Waals surface area contributed by atoms with E-state index in [4.69, 9.17) is 22.4 Å². The smallest absolute Gasteiger partial charge is 0.325 e. The van der Waals surface area contributed by atoms with Crippen LogP contribution in [0.5, 0.6) is 0 Å². The van der Waals surface area contributed by atoms with Gasteiger partial charge < -0.3 is 15.7 Å². The summed E-state index contributed by atoms with van der Waals surface area (Å²) >= 11 is 5.72. The van der Waals surface area contributed by atoms with Gasteiger partial charge in [-0.25, -0.2) is 4.39 Å². The van der Waals surface area contributed by atoms with Crippen LogP contribution < -0.4 is 5.73 Å². The Morgan fingerprint density at radius 2 is 2.16 bits per heavy atom. The van der Waals surface area contributed by atoms with Crippen LogP contribution in [0.1, 0.15) is 16.8 Å². The zero-order valence-corrected chi connectivity index (χ0v) is 10.7. The Kier molecular flexibility index (Phi) is 3.47. The summed E-state index contributed by atoms with van der Waals surface area (Å²) in [5.41, 5.74) is 4.02. The van der Waals surface area contributed by atoms with Gasteiger partial charge in [0.2, 0.25) is 0 Å². The molecule has 1 aromatic carbocycles. The number of nitrogens with zero attached hydrogens (tertiary/aromatic N) is 1. The summed E-state index contributed by atoms with van der Waals surface area (Å²) in [5, 5.41) is 9.22. The lowest BCUT2D eigenvalue weighted by Gasteiger charge is -2.20. The van der Waals surface area contributed by atoms with Gasteiger partial charge in [-0.3, -0.25) is 9.59 Å². The Labute approximate surface area is 113 Å². The third kappa shape index (κ3) is 2.54. The molecule has 1 aliphatic heterocycles. The molecule has 0 aliphatic carbocycles. The number of hydrogen-bond acceptors (Lipinski definition) is 3. The fourth-order valence-corrected chi connectivity index (χ4v) is 2.18. The van der Waals surface area contributed by atoms with Crippen LogP contribution in [0.15, 0.2) is 18.2 Å². The molecule has 5 nitrogen and oxygen atoms in total. The quantitative estimate of drug-likeness (QED) is 0.853. The molecule has 102 valence electrons. The number of amides is 1. The van der Waals surface area contributed by atoms with Crippen molar-refractivity contribution in [1.29, 1.82) is 0 Å². The summed E-state index contributed by atoms with van der Waals surface area (Å²) in [6.07, 6.45) is 0.135. The van der Waals surface area contributed by atoms with Crippen LogP contribution in [-0.2, 0) is 4.79 Å². The van der Waals surface area contributed by atoms with Gasteiger partial charge in [-0.1, -0.05) is 11.6 Å². The number of nitrogens with two attached hydrogens (primary N) is 1. The topological polar surface area (TPSA) is 83.6 Å². The highest BCUT2D eigenvalue weighted by molar-refractivity contribution is 6.31. The lowest BCUT2D eigenvalue weighted by atomic mass is 10.0. The number of halogens is 2. The van der Waals surface area contributed by atoms with Gasteiger partial charge in [-0.15, -0.1) is 0 Å². The molecule has 1 unspecified atom stereocenters. The molecule has 1 atom stereocenters. The van der Waals surface area contributed by atoms with Gasteiger partial charge in [0.15, 0.2) is 0 Å². The Morgan fingerprint density at radius 3 is 2.74 bits per heavy atom. The summed E-state index contributed by atoms with van der Waals surface area (Å²) < 4.78 is 13.6. The van der Waals surface area contributed by atoms with E-state index in [-0.39, 0.29) is 30.1 Å². The Bertz CT molecular complexity index is 552. The van der Waals surface area contributed by atoms with Crippen LogP contribution in [0.2, 0.25) is 5.02 Å². The van der Waals surface area contributed by atoms with Crippen LogP contribution in [0.3, 0.4) is 0 Å². The zero-order valence-electron chi connectivity index (χ0n) is 9.90. The number of hydrogen-bond donors (Lipinski definition) is 2. The van der Waals surface area contributed by atoms with E-state index < -0.39 is 23.2 Å². The van der Waals surface area contributed by atoms with Crippen LogP contribution in [0, 0.1) is 5.82 Å². The molecule has 0 radical (unpaired) electrons. The third-order valence-electron chi connectivity index (χ3n) is 3.17. The lowest BCUT2D eigenvalue weighted by molar-refractivity contribution is -0.142. The van der Waals surface area contributed by atoms with Gasteiger partial charge in [-0.2, -0.15) is 0 Å². The molecule has 1 aliphatic rings. The first-order valence-corrected chi connectivity index (χ1v) is 5.98. The molecule has 0 aromatic heterocycles. The zero-order chi connectivity index (χ0) is 14.2. The highest BCUT2D eigenvalue weighted by Crippen LogP contribution is 2.23. The van der Waals surface area contributed by atoms with E-state index in [1.807, 2.05) is 0 Å². The lowest BCUT2D eigenvalue weighted by Crippen LogP contribution is -2.50. The molecule has 1 heterocycles. The number of aliphatic carboxylic acids is 1. The minimum absolute atomic E-state index is 0.135. The molecule has 1 aromatic rings. The van der Waals surface area contributed by atoms with Crippen LogP contribution >= 0.6 is 11.6 Å². The minimum atomic E-state index is -1.47. The maximum absolute atomic E-state index is 13.6. The van der Waals surface area contributed by atoms with Gasteiger partial charge in [-0.05, 0) is 24.6 Å². The second-order valence-corrected chi connectivity index (χ2v) is 5.00. The van der Waals surface area contributed by atoms with E-state index in [1.54, 1.807) is 0 Å². The number of carbonyl (C=O) groups is 2. The first kappa shape index (κ1) is 13.8. The first-order valence-electron chi connectivity index (χ1n) is 5.60. The van der Waals surface area contributed by atoms with Crippen molar-refractivity contribution in [3.05, 3.63) is 34.6 Å². The van der Waals surface area contributed by atoms with Crippen LogP contribution in [0.4, 0.5) is 4.39 Å². The Morgan fingerprint density at radius 1 is 1.47 bits per heavy atom. The average Bonchev–Trinajstić information content (AvgIpc) is 2.76. The first-order chi connectivity index (χ1) is 8.83. The fourth-order valence-electron chi connectivity index (χ4n) is 2.01. The third-order valence-corrected chi connectivity index (χ3v) is 3.41. The van der Waals surface area contributed by atoms with Crippen LogP contribution in [0.25, 0.3) is 0 Å². The summed E-state index contributed by atoms with van der Waals surface area (Å²) in [6.45, 7) is 0.0285. The molecule has 0 bridgehead atoms. The molecule has 7 heteroatoms. The molecule has 2 rings (SSSR count). The van der Waals surface area contributed by atoms with Gasteiger partial charge in [0.25, 0.3) is 5.91 Å². The van der Waals surface area contributed by atoms with Crippen molar-refractivity contribution in [2.24, 2.45) is 5.73 Å². The van der Waals surface area contributed by atoms with Gasteiger partial charge in [0.1, 0.15) is 11.4 Å². The SMILES string of the molecule is NC1(C(=O)O)CCN(C(=O)c2cc(Cl)ccc2F)C1. The molecule has 0 spiro atoms. The van der Waals surface area contributed by atoms with E-state index in [9.17, 15) is 14.0 Å². The average molecular weight is 287 g/mol. The van der Waals surface area contributed by atoms with E-state index in [2.05, 4.69) is 0 Å². The van der Waals surface area contributed by atoms with E-state index in [1.165, 1.54) is 17.0 Å². The predicted molar refractivity (Wildman–Crippen MR) is 66.5 cm³/mol. The highest BCUT2D eigenvalue weighted by atomic mass is 35.5. The number of carboxylic acid groups (broad SMARTS) is 1. The molecular formula is C12H12ClFN2O3. The van der Waals surface area contributed by atoms with Crippen molar-refractivity contribution >= 4 is 23.5 Å². The number of carboxylic acids is 1. The molecule has 19 heavy (non-hydrogen) atoms. The van der Waals surface area contributed by atoms with Gasteiger partial charge >= 0.3 is 5.97 Å². The normalized spacial score (nSPS) is 22.6. The van der Waals surface area contributed by atoms with Crippen molar-refractivity contribution in [3.8, 4) is 0 Å². The number of likely N-dealkylation sites (tertiary alicyclic amines) is 1. The summed E-state index contributed by atoms with van der Waals surface area (Å²) in [5.74, 6) is -2.47. The monoisotopic (exact) mass is 286 g/mol. The Hall–Kier alpha value is -1.66. The number of carbonyl (C=O) groups excluding carboxylic acids is 1. The standard InChI is InChI=1S/C12H12ClFN2O3/c13-7-1-2-9(14)8(5-7)10(17)16-4-3-12(15,6-16)11(18)19/h1-2,5H,3-4,6,15H2,(H,18,19). The van der Waals surface area contributed by atoms with Crippen LogP contribution in [-0.4, -0.2) is 40.5 Å². The summed E-state index contributed by atoms with van der Waals surface area (Å²) in [4.78, 5) is 24.3. The van der Waals surface area contributed by atoms with Crippen molar-refractivity contribution in [2.45, 2.75) is 12.0 Å². The molecule has 1 saturated heterocycles. The molecule has 1 amide bonds. The number of rotatable bonds is 2. The second-order valence-electron chi connectivity index (χ2n) is 4.56. The predicted octanol–water partition coefficient (Wildman–Crippen LogP) is 1.11. The van der Waals surface area contributed by atoms with Crippen molar-refractivity contribution in [3.63, 3.8) is 0 Å². The minimum Gasteiger partial charge on any atom is -0.480 e. The summed E-state index contributed by atoms with van der Waals surface area (Å²) in [6, 6.07) is 3.65. The Balaban J connectivity index is 2.22.